The molecule has 0 aliphatic carbocycles. The average molecular weight is 214 g/mol. The van der Waals surface area contributed by atoms with Crippen LogP contribution in [0.4, 0.5) is 4.39 Å². The van der Waals surface area contributed by atoms with E-state index < -0.39 is 0 Å². The summed E-state index contributed by atoms with van der Waals surface area (Å²) in [6.45, 7) is 6.07. The fourth-order valence-electron chi connectivity index (χ4n) is 1.66. The molecule has 0 atom stereocenters. The third-order valence-corrected chi connectivity index (χ3v) is 2.93. The van der Waals surface area contributed by atoms with Crippen LogP contribution in [-0.2, 0) is 0 Å². The maximum absolute atomic E-state index is 12.8. The topological polar surface area (TPSA) is 12.4 Å². The Bertz CT molecular complexity index is 504. The Morgan fingerprint density at radius 2 is 1.62 bits per heavy atom. The number of hydrogen-bond donors (Lipinski definition) is 0. The summed E-state index contributed by atoms with van der Waals surface area (Å²) in [5, 5.41) is 0. The molecular formula is C14H13FN+. The zero-order valence-electron chi connectivity index (χ0n) is 9.63. The third kappa shape index (κ3) is 1.80. The van der Waals surface area contributed by atoms with Crippen LogP contribution in [0.2, 0.25) is 0 Å². The summed E-state index contributed by atoms with van der Waals surface area (Å²) in [6, 6.07) is 6.39. The number of hydrogen-bond acceptors (Lipinski definition) is 1. The van der Waals surface area contributed by atoms with E-state index in [9.17, 15) is 4.39 Å². The summed E-state index contributed by atoms with van der Waals surface area (Å²) in [4.78, 5) is 4.29. The van der Waals surface area contributed by atoms with Crippen LogP contribution >= 0.6 is 0 Å². The van der Waals surface area contributed by atoms with Gasteiger partial charge in [-0.15, -0.1) is 0 Å². The molecule has 0 saturated heterocycles. The van der Waals surface area contributed by atoms with E-state index in [-0.39, 0.29) is 5.82 Å². The Kier molecular flexibility index (Phi) is 2.67. The lowest BCUT2D eigenvalue weighted by Gasteiger charge is -2.05. The van der Waals surface area contributed by atoms with Gasteiger partial charge in [0.2, 0.25) is 0 Å². The second kappa shape index (κ2) is 3.99. The van der Waals surface area contributed by atoms with Gasteiger partial charge >= 0.3 is 0 Å². The molecule has 0 fully saturated rings. The van der Waals surface area contributed by atoms with Crippen molar-refractivity contribution in [2.24, 2.45) is 4.99 Å². The number of rotatable bonds is 1. The van der Waals surface area contributed by atoms with Gasteiger partial charge in [-0.25, -0.2) is 4.39 Å². The van der Waals surface area contributed by atoms with E-state index in [2.05, 4.69) is 18.1 Å². The summed E-state index contributed by atoms with van der Waals surface area (Å²) in [5.41, 5.74) is 5.18. The molecule has 0 spiro atoms. The van der Waals surface area contributed by atoms with Gasteiger partial charge in [0.15, 0.2) is 11.9 Å². The molecule has 0 saturated carbocycles. The average Bonchev–Trinajstić information content (AvgIpc) is 2.28. The second-order valence-electron chi connectivity index (χ2n) is 3.95. The first-order chi connectivity index (χ1) is 7.59. The monoisotopic (exact) mass is 214 g/mol. The first-order valence-corrected chi connectivity index (χ1v) is 5.21. The van der Waals surface area contributed by atoms with Crippen molar-refractivity contribution in [3.05, 3.63) is 58.6 Å². The third-order valence-electron chi connectivity index (χ3n) is 2.93. The summed E-state index contributed by atoms with van der Waals surface area (Å²) < 4.78 is 12.8. The van der Waals surface area contributed by atoms with E-state index in [1.165, 1.54) is 17.7 Å². The molecule has 1 aromatic carbocycles. The highest BCUT2D eigenvalue weighted by Crippen LogP contribution is 2.22. The minimum Gasteiger partial charge on any atom is -0.207 e. The van der Waals surface area contributed by atoms with Crippen molar-refractivity contribution in [1.82, 2.24) is 0 Å². The van der Waals surface area contributed by atoms with E-state index in [0.29, 0.717) is 0 Å². The van der Waals surface area contributed by atoms with Gasteiger partial charge < -0.3 is 0 Å². The molecule has 0 N–H and O–H groups in total. The van der Waals surface area contributed by atoms with Gasteiger partial charge in [0, 0.05) is 6.92 Å². The van der Waals surface area contributed by atoms with Crippen LogP contribution in [0, 0.1) is 12.0 Å². The van der Waals surface area contributed by atoms with Crippen LogP contribution in [0.3, 0.4) is 0 Å². The molecule has 0 radical (unpaired) electrons. The van der Waals surface area contributed by atoms with Crippen molar-refractivity contribution in [2.45, 2.75) is 20.8 Å². The van der Waals surface area contributed by atoms with Gasteiger partial charge in [-0.2, -0.15) is 0 Å². The predicted molar refractivity (Wildman–Crippen MR) is 63.7 cm³/mol. The SMILES string of the molecule is CC1=[C+]N=C(c2ccc(F)cc2)C(C)=C1C. The molecule has 0 unspecified atom stereocenters. The molecule has 16 heavy (non-hydrogen) atoms. The first kappa shape index (κ1) is 10.7. The van der Waals surface area contributed by atoms with Crippen molar-refractivity contribution in [1.29, 1.82) is 0 Å². The lowest BCUT2D eigenvalue weighted by Crippen LogP contribution is -2.08. The number of aliphatic imine (C=N–C) groups is 1. The van der Waals surface area contributed by atoms with E-state index >= 15 is 0 Å². The van der Waals surface area contributed by atoms with Gasteiger partial charge in [0.1, 0.15) is 11.4 Å². The van der Waals surface area contributed by atoms with E-state index in [0.717, 1.165) is 22.4 Å². The molecule has 2 heteroatoms. The number of nitrogens with zero attached hydrogens (tertiary/aromatic N) is 1. The zero-order chi connectivity index (χ0) is 11.7. The first-order valence-electron chi connectivity index (χ1n) is 5.21. The largest absolute Gasteiger partial charge is 0.207 e. The van der Waals surface area contributed by atoms with Gasteiger partial charge in [-0.3, -0.25) is 0 Å². The molecule has 80 valence electrons. The van der Waals surface area contributed by atoms with Crippen LogP contribution in [-0.4, -0.2) is 5.71 Å². The maximum atomic E-state index is 12.8. The molecule has 1 aliphatic heterocycles. The smallest absolute Gasteiger partial charge is 0.190 e. The quantitative estimate of drug-likeness (QED) is 0.632. The summed E-state index contributed by atoms with van der Waals surface area (Å²) >= 11 is 0. The molecule has 1 nitrogen and oxygen atoms in total. The van der Waals surface area contributed by atoms with Crippen molar-refractivity contribution < 1.29 is 4.39 Å². The Morgan fingerprint density at radius 3 is 2.25 bits per heavy atom. The highest BCUT2D eigenvalue weighted by molar-refractivity contribution is 6.13. The Hall–Kier alpha value is -1.79. The van der Waals surface area contributed by atoms with E-state index in [1.54, 1.807) is 12.1 Å². The van der Waals surface area contributed by atoms with Crippen molar-refractivity contribution >= 4 is 5.71 Å². The van der Waals surface area contributed by atoms with Crippen LogP contribution in [0.25, 0.3) is 0 Å². The fraction of sp³-hybridized carbons (Fsp3) is 0.214. The highest BCUT2D eigenvalue weighted by Gasteiger charge is 2.22. The van der Waals surface area contributed by atoms with E-state index in [1.807, 2.05) is 13.8 Å². The molecule has 1 aromatic rings. The lowest BCUT2D eigenvalue weighted by atomic mass is 9.94. The van der Waals surface area contributed by atoms with Crippen molar-refractivity contribution in [3.8, 4) is 0 Å². The van der Waals surface area contributed by atoms with Crippen LogP contribution in [0.5, 0.6) is 0 Å². The summed E-state index contributed by atoms with van der Waals surface area (Å²) in [6.07, 6.45) is 2.98. The van der Waals surface area contributed by atoms with Crippen molar-refractivity contribution in [2.75, 3.05) is 0 Å². The minimum absolute atomic E-state index is 0.228. The Balaban J connectivity index is 2.48. The Morgan fingerprint density at radius 1 is 1.00 bits per heavy atom. The van der Waals surface area contributed by atoms with Gasteiger partial charge in [0.25, 0.3) is 0 Å². The van der Waals surface area contributed by atoms with Crippen molar-refractivity contribution in [3.63, 3.8) is 0 Å². The zero-order valence-corrected chi connectivity index (χ0v) is 9.63. The highest BCUT2D eigenvalue weighted by atomic mass is 19.1. The van der Waals surface area contributed by atoms with Crippen LogP contribution < -0.4 is 0 Å². The standard InChI is InChI=1S/C14H13FN/c1-9-8-16-14(11(3)10(9)2)12-4-6-13(15)7-5-12/h4-7H,1-3H3/q+1. The predicted octanol–water partition coefficient (Wildman–Crippen LogP) is 3.67. The molecule has 1 aliphatic rings. The summed E-state index contributed by atoms with van der Waals surface area (Å²) in [7, 11) is 0. The fourth-order valence-corrected chi connectivity index (χ4v) is 1.66. The number of benzene rings is 1. The molecule has 2 rings (SSSR count). The second-order valence-corrected chi connectivity index (χ2v) is 3.95. The maximum Gasteiger partial charge on any atom is 0.190 e. The Labute approximate surface area is 95.0 Å². The minimum atomic E-state index is -0.228. The lowest BCUT2D eigenvalue weighted by molar-refractivity contribution is 0.628. The van der Waals surface area contributed by atoms with Gasteiger partial charge in [0.05, 0.1) is 16.7 Å². The van der Waals surface area contributed by atoms with Crippen LogP contribution in [0.1, 0.15) is 26.3 Å². The normalized spacial score (nSPS) is 15.5. The summed E-state index contributed by atoms with van der Waals surface area (Å²) in [5.74, 6) is -0.228. The number of allylic oxidation sites excluding steroid dienone is 3. The molecule has 0 bridgehead atoms. The molecule has 0 aromatic heterocycles. The molecule has 0 amide bonds. The van der Waals surface area contributed by atoms with E-state index in [4.69, 9.17) is 0 Å². The molecule has 1 heterocycles. The number of halogens is 1. The van der Waals surface area contributed by atoms with Crippen LogP contribution in [0.15, 0.2) is 46.0 Å². The van der Waals surface area contributed by atoms with Gasteiger partial charge in [-0.1, -0.05) is 4.99 Å². The molecular weight excluding hydrogens is 201 g/mol. The van der Waals surface area contributed by atoms with Gasteiger partial charge in [-0.05, 0) is 38.1 Å².